The molecule has 2 amide bonds. The lowest BCUT2D eigenvalue weighted by Crippen LogP contribution is -2.28. The first-order valence-corrected chi connectivity index (χ1v) is 10.4. The minimum atomic E-state index is -0.400. The molecule has 0 saturated carbocycles. The van der Waals surface area contributed by atoms with E-state index in [1.165, 1.54) is 22.3 Å². The Balaban J connectivity index is 1.17. The molecule has 3 aliphatic rings. The molecule has 6 heteroatoms. The summed E-state index contributed by atoms with van der Waals surface area (Å²) in [6.45, 7) is 0.532. The molecule has 0 aromatic heterocycles. The number of ether oxygens (including phenoxy) is 2. The van der Waals surface area contributed by atoms with Crippen molar-refractivity contribution in [3.63, 3.8) is 0 Å². The molecule has 1 aliphatic carbocycles. The Bertz CT molecular complexity index is 1240. The number of amides is 2. The summed E-state index contributed by atoms with van der Waals surface area (Å²) in [5, 5.41) is 3.01. The first-order chi connectivity index (χ1) is 15.2. The van der Waals surface area contributed by atoms with Crippen molar-refractivity contribution >= 4 is 23.2 Å². The van der Waals surface area contributed by atoms with Crippen molar-refractivity contribution in [2.45, 2.75) is 12.8 Å². The number of nitrogens with one attached hydrogen (secondary N) is 1. The molecule has 1 atom stereocenters. The number of nitrogens with zero attached hydrogens (tertiary/aromatic N) is 1. The van der Waals surface area contributed by atoms with Crippen LogP contribution in [0.2, 0.25) is 0 Å². The third-order valence-corrected chi connectivity index (χ3v) is 6.22. The van der Waals surface area contributed by atoms with Gasteiger partial charge in [0.1, 0.15) is 0 Å². The summed E-state index contributed by atoms with van der Waals surface area (Å²) in [6.07, 6.45) is 1.06. The normalized spacial score (nSPS) is 18.1. The molecule has 0 bridgehead atoms. The van der Waals surface area contributed by atoms with Gasteiger partial charge in [-0.2, -0.15) is 0 Å². The van der Waals surface area contributed by atoms with E-state index < -0.39 is 5.92 Å². The molecule has 154 valence electrons. The van der Waals surface area contributed by atoms with E-state index in [2.05, 4.69) is 29.6 Å². The number of benzene rings is 3. The van der Waals surface area contributed by atoms with Crippen LogP contribution in [0.1, 0.15) is 17.5 Å². The quantitative estimate of drug-likeness (QED) is 0.553. The number of hydrogen-bond acceptors (Lipinski definition) is 4. The summed E-state index contributed by atoms with van der Waals surface area (Å²) in [7, 11) is 0. The van der Waals surface area contributed by atoms with Crippen molar-refractivity contribution in [3.8, 4) is 22.6 Å². The number of fused-ring (bicyclic) bond motifs is 4. The van der Waals surface area contributed by atoms with Crippen LogP contribution in [-0.4, -0.2) is 25.2 Å². The average molecular weight is 412 g/mol. The molecule has 3 aromatic carbocycles. The number of anilines is 2. The molecule has 2 heterocycles. The maximum Gasteiger partial charge on any atom is 0.231 e. The molecule has 6 rings (SSSR count). The second-order valence-corrected chi connectivity index (χ2v) is 8.14. The number of carbonyl (C=O) groups excluding carboxylic acids is 2. The molecule has 0 radical (unpaired) electrons. The Hall–Kier alpha value is -3.80. The van der Waals surface area contributed by atoms with Gasteiger partial charge in [0.15, 0.2) is 11.5 Å². The van der Waals surface area contributed by atoms with Gasteiger partial charge in [-0.25, -0.2) is 0 Å². The molecule has 1 fully saturated rings. The van der Waals surface area contributed by atoms with E-state index in [-0.39, 0.29) is 25.0 Å². The lowest BCUT2D eigenvalue weighted by Gasteiger charge is -2.17. The highest BCUT2D eigenvalue weighted by molar-refractivity contribution is 6.03. The highest BCUT2D eigenvalue weighted by Gasteiger charge is 2.36. The first-order valence-electron chi connectivity index (χ1n) is 10.4. The Kier molecular flexibility index (Phi) is 3.99. The molecule has 1 N–H and O–H groups in total. The summed E-state index contributed by atoms with van der Waals surface area (Å²) in [5.74, 6) is 0.694. The summed E-state index contributed by atoms with van der Waals surface area (Å²) >= 11 is 0. The largest absolute Gasteiger partial charge is 0.454 e. The minimum absolute atomic E-state index is 0.0663. The molecule has 0 spiro atoms. The summed E-state index contributed by atoms with van der Waals surface area (Å²) < 4.78 is 10.7. The third kappa shape index (κ3) is 3.03. The Labute approximate surface area is 179 Å². The SMILES string of the molecule is O=C(Nc1ccc2c(c1)Cc1ccccc1-2)C1CC(=O)N(c2ccc3c(c2)OCO3)C1. The van der Waals surface area contributed by atoms with Crippen LogP contribution in [0.15, 0.2) is 60.7 Å². The number of carbonyl (C=O) groups is 2. The van der Waals surface area contributed by atoms with E-state index in [0.717, 1.165) is 17.8 Å². The molecule has 1 saturated heterocycles. The molecule has 3 aromatic rings. The van der Waals surface area contributed by atoms with Crippen LogP contribution in [-0.2, 0) is 16.0 Å². The molecule has 31 heavy (non-hydrogen) atoms. The van der Waals surface area contributed by atoms with E-state index in [1.54, 1.807) is 17.0 Å². The topological polar surface area (TPSA) is 67.9 Å². The van der Waals surface area contributed by atoms with Crippen molar-refractivity contribution in [1.82, 2.24) is 0 Å². The van der Waals surface area contributed by atoms with Gasteiger partial charge in [0, 0.05) is 30.4 Å². The number of hydrogen-bond donors (Lipinski definition) is 1. The van der Waals surface area contributed by atoms with Crippen LogP contribution in [0.5, 0.6) is 11.5 Å². The van der Waals surface area contributed by atoms with E-state index >= 15 is 0 Å². The minimum Gasteiger partial charge on any atom is -0.454 e. The zero-order chi connectivity index (χ0) is 20.9. The van der Waals surface area contributed by atoms with Crippen LogP contribution in [0.25, 0.3) is 11.1 Å². The van der Waals surface area contributed by atoms with Crippen LogP contribution in [0.4, 0.5) is 11.4 Å². The highest BCUT2D eigenvalue weighted by atomic mass is 16.7. The van der Waals surface area contributed by atoms with Gasteiger partial charge in [-0.05, 0) is 52.9 Å². The zero-order valence-corrected chi connectivity index (χ0v) is 16.8. The van der Waals surface area contributed by atoms with Crippen molar-refractivity contribution in [3.05, 3.63) is 71.8 Å². The van der Waals surface area contributed by atoms with E-state index in [9.17, 15) is 9.59 Å². The average Bonchev–Trinajstić information content (AvgIpc) is 3.49. The van der Waals surface area contributed by atoms with E-state index in [4.69, 9.17) is 9.47 Å². The lowest BCUT2D eigenvalue weighted by molar-refractivity contribution is -0.122. The van der Waals surface area contributed by atoms with Gasteiger partial charge in [-0.15, -0.1) is 0 Å². The van der Waals surface area contributed by atoms with Crippen molar-refractivity contribution in [2.75, 3.05) is 23.6 Å². The predicted molar refractivity (Wildman–Crippen MR) is 116 cm³/mol. The first kappa shape index (κ1) is 18.0. The Morgan fingerprint density at radius 2 is 1.77 bits per heavy atom. The van der Waals surface area contributed by atoms with Crippen molar-refractivity contribution in [1.29, 1.82) is 0 Å². The predicted octanol–water partition coefficient (Wildman–Crippen LogP) is 3.98. The van der Waals surface area contributed by atoms with Crippen LogP contribution in [0.3, 0.4) is 0 Å². The van der Waals surface area contributed by atoms with Crippen molar-refractivity contribution < 1.29 is 19.1 Å². The van der Waals surface area contributed by atoms with Gasteiger partial charge < -0.3 is 19.7 Å². The van der Waals surface area contributed by atoms with E-state index in [1.807, 2.05) is 24.3 Å². The molecule has 2 aliphatic heterocycles. The summed E-state index contributed by atoms with van der Waals surface area (Å²) in [5.41, 5.74) is 6.49. The maximum absolute atomic E-state index is 12.9. The lowest BCUT2D eigenvalue weighted by atomic mass is 10.0. The summed E-state index contributed by atoms with van der Waals surface area (Å²) in [6, 6.07) is 19.8. The van der Waals surface area contributed by atoms with Crippen LogP contribution < -0.4 is 19.7 Å². The standard InChI is InChI=1S/C25H20N2O4/c28-24-11-17(13-27(24)19-6-8-22-23(12-19)31-14-30-22)25(29)26-18-5-7-21-16(10-18)9-15-3-1-2-4-20(15)21/h1-8,10,12,17H,9,11,13-14H2,(H,26,29). The highest BCUT2D eigenvalue weighted by Crippen LogP contribution is 2.39. The maximum atomic E-state index is 12.9. The van der Waals surface area contributed by atoms with Gasteiger partial charge in [-0.3, -0.25) is 9.59 Å². The van der Waals surface area contributed by atoms with E-state index in [0.29, 0.717) is 18.0 Å². The molecular weight excluding hydrogens is 392 g/mol. The van der Waals surface area contributed by atoms with Gasteiger partial charge in [0.2, 0.25) is 18.6 Å². The fourth-order valence-electron chi connectivity index (χ4n) is 4.65. The molecule has 1 unspecified atom stereocenters. The summed E-state index contributed by atoms with van der Waals surface area (Å²) in [4.78, 5) is 27.1. The van der Waals surface area contributed by atoms with Crippen LogP contribution >= 0.6 is 0 Å². The van der Waals surface area contributed by atoms with Crippen molar-refractivity contribution in [2.24, 2.45) is 5.92 Å². The fraction of sp³-hybridized carbons (Fsp3) is 0.200. The monoisotopic (exact) mass is 412 g/mol. The van der Waals surface area contributed by atoms with Crippen LogP contribution in [0, 0.1) is 5.92 Å². The smallest absolute Gasteiger partial charge is 0.231 e. The Morgan fingerprint density at radius 3 is 2.71 bits per heavy atom. The van der Waals surface area contributed by atoms with Gasteiger partial charge in [0.05, 0.1) is 5.92 Å². The molecular formula is C25H20N2O4. The molecule has 6 nitrogen and oxygen atoms in total. The second kappa shape index (κ2) is 6.87. The van der Waals surface area contributed by atoms with Gasteiger partial charge in [0.25, 0.3) is 0 Å². The fourth-order valence-corrected chi connectivity index (χ4v) is 4.65. The van der Waals surface area contributed by atoms with Gasteiger partial charge >= 0.3 is 0 Å². The second-order valence-electron chi connectivity index (χ2n) is 8.14. The number of rotatable bonds is 3. The van der Waals surface area contributed by atoms with Gasteiger partial charge in [-0.1, -0.05) is 30.3 Å². The third-order valence-electron chi connectivity index (χ3n) is 6.22. The Morgan fingerprint density at radius 1 is 0.935 bits per heavy atom. The zero-order valence-electron chi connectivity index (χ0n) is 16.8.